The fraction of sp³-hybridized carbons (Fsp3) is 0.571. The third-order valence-electron chi connectivity index (χ3n) is 2.85. The van der Waals surface area contributed by atoms with E-state index in [1.54, 1.807) is 7.11 Å². The molecule has 3 nitrogen and oxygen atoms in total. The standard InChI is InChI=1S/C14H22BrNO2/c1-14(2,3)11-7-9(15)6-10(13(11)18-5)12(17)8-16-4/h6-7,12,16-17H,8H2,1-5H3. The van der Waals surface area contributed by atoms with Gasteiger partial charge in [0.15, 0.2) is 0 Å². The lowest BCUT2D eigenvalue weighted by atomic mass is 9.84. The second-order valence-corrected chi connectivity index (χ2v) is 6.31. The van der Waals surface area contributed by atoms with Gasteiger partial charge >= 0.3 is 0 Å². The number of hydrogen-bond donors (Lipinski definition) is 2. The monoisotopic (exact) mass is 315 g/mol. The fourth-order valence-corrected chi connectivity index (χ4v) is 2.43. The SMILES string of the molecule is CNCC(O)c1cc(Br)cc(C(C)(C)C)c1OC. The molecule has 18 heavy (non-hydrogen) atoms. The van der Waals surface area contributed by atoms with Crippen LogP contribution < -0.4 is 10.1 Å². The molecule has 0 radical (unpaired) electrons. The predicted octanol–water partition coefficient (Wildman–Crippen LogP) is 3.01. The Morgan fingerprint density at radius 3 is 2.44 bits per heavy atom. The van der Waals surface area contributed by atoms with Crippen LogP contribution in [0.4, 0.5) is 0 Å². The van der Waals surface area contributed by atoms with Crippen LogP contribution in [-0.4, -0.2) is 25.8 Å². The Bertz CT molecular complexity index is 413. The Morgan fingerprint density at radius 2 is 2.00 bits per heavy atom. The molecular formula is C14H22BrNO2. The Hall–Kier alpha value is -0.580. The van der Waals surface area contributed by atoms with Gasteiger partial charge in [-0.2, -0.15) is 0 Å². The van der Waals surface area contributed by atoms with Crippen molar-refractivity contribution in [2.75, 3.05) is 20.7 Å². The molecule has 4 heteroatoms. The van der Waals surface area contributed by atoms with Crippen LogP contribution in [0.5, 0.6) is 5.75 Å². The van der Waals surface area contributed by atoms with E-state index in [9.17, 15) is 5.11 Å². The number of aliphatic hydroxyl groups is 1. The maximum atomic E-state index is 10.2. The van der Waals surface area contributed by atoms with E-state index in [0.717, 1.165) is 21.3 Å². The van der Waals surface area contributed by atoms with E-state index < -0.39 is 6.10 Å². The highest BCUT2D eigenvalue weighted by atomic mass is 79.9. The van der Waals surface area contributed by atoms with Crippen LogP contribution in [0.1, 0.15) is 38.0 Å². The molecule has 1 unspecified atom stereocenters. The molecule has 1 rings (SSSR count). The summed E-state index contributed by atoms with van der Waals surface area (Å²) in [5.74, 6) is 0.772. The molecule has 0 spiro atoms. The number of aliphatic hydroxyl groups excluding tert-OH is 1. The zero-order chi connectivity index (χ0) is 13.9. The molecule has 1 aromatic rings. The van der Waals surface area contributed by atoms with E-state index in [2.05, 4.69) is 48.1 Å². The average molecular weight is 316 g/mol. The minimum absolute atomic E-state index is 0.0385. The molecule has 1 atom stereocenters. The number of ether oxygens (including phenoxy) is 1. The van der Waals surface area contributed by atoms with Crippen molar-refractivity contribution in [1.29, 1.82) is 0 Å². The first-order valence-corrected chi connectivity index (χ1v) is 6.81. The number of benzene rings is 1. The van der Waals surface area contributed by atoms with Crippen molar-refractivity contribution in [3.05, 3.63) is 27.7 Å². The van der Waals surface area contributed by atoms with Crippen LogP contribution in [0.15, 0.2) is 16.6 Å². The Balaban J connectivity index is 3.38. The minimum atomic E-state index is -0.580. The van der Waals surface area contributed by atoms with Gasteiger partial charge in [0, 0.05) is 22.1 Å². The normalized spacial score (nSPS) is 13.5. The number of rotatable bonds is 4. The van der Waals surface area contributed by atoms with Crippen LogP contribution in [0, 0.1) is 0 Å². The molecular weight excluding hydrogens is 294 g/mol. The van der Waals surface area contributed by atoms with Gasteiger partial charge in [0.25, 0.3) is 0 Å². The number of methoxy groups -OCH3 is 1. The van der Waals surface area contributed by atoms with Crippen molar-refractivity contribution in [3.63, 3.8) is 0 Å². The van der Waals surface area contributed by atoms with Gasteiger partial charge in [0.05, 0.1) is 13.2 Å². The van der Waals surface area contributed by atoms with E-state index in [4.69, 9.17) is 4.74 Å². The van der Waals surface area contributed by atoms with Crippen LogP contribution in [0.25, 0.3) is 0 Å². The lowest BCUT2D eigenvalue weighted by Crippen LogP contribution is -2.20. The molecule has 2 N–H and O–H groups in total. The summed E-state index contributed by atoms with van der Waals surface area (Å²) in [5.41, 5.74) is 1.86. The Labute approximate surface area is 118 Å². The van der Waals surface area contributed by atoms with Gasteiger partial charge in [-0.25, -0.2) is 0 Å². The summed E-state index contributed by atoms with van der Waals surface area (Å²) in [7, 11) is 3.46. The van der Waals surface area contributed by atoms with E-state index >= 15 is 0 Å². The quantitative estimate of drug-likeness (QED) is 0.897. The summed E-state index contributed by atoms with van der Waals surface area (Å²) in [6.07, 6.45) is -0.580. The van der Waals surface area contributed by atoms with Crippen LogP contribution >= 0.6 is 15.9 Å². The highest BCUT2D eigenvalue weighted by molar-refractivity contribution is 9.10. The van der Waals surface area contributed by atoms with Crippen LogP contribution in [0.2, 0.25) is 0 Å². The molecule has 0 heterocycles. The zero-order valence-corrected chi connectivity index (χ0v) is 13.3. The lowest BCUT2D eigenvalue weighted by Gasteiger charge is -2.26. The topological polar surface area (TPSA) is 41.5 Å². The molecule has 0 aliphatic rings. The van der Waals surface area contributed by atoms with Gasteiger partial charge in [-0.15, -0.1) is 0 Å². The second-order valence-electron chi connectivity index (χ2n) is 5.40. The second kappa shape index (κ2) is 6.04. The largest absolute Gasteiger partial charge is 0.496 e. The Morgan fingerprint density at radius 1 is 1.39 bits per heavy atom. The molecule has 1 aromatic carbocycles. The number of hydrogen-bond acceptors (Lipinski definition) is 3. The molecule has 0 amide bonds. The zero-order valence-electron chi connectivity index (χ0n) is 11.7. The van der Waals surface area contributed by atoms with E-state index in [1.165, 1.54) is 0 Å². The summed E-state index contributed by atoms with van der Waals surface area (Å²) in [5, 5.41) is 13.2. The third-order valence-corrected chi connectivity index (χ3v) is 3.31. The fourth-order valence-electron chi connectivity index (χ4n) is 1.95. The molecule has 0 aliphatic heterocycles. The van der Waals surface area contributed by atoms with E-state index in [-0.39, 0.29) is 5.41 Å². The summed E-state index contributed by atoms with van der Waals surface area (Å²) >= 11 is 3.50. The van der Waals surface area contributed by atoms with Crippen LogP contribution in [0.3, 0.4) is 0 Å². The molecule has 0 aromatic heterocycles. The Kier molecular flexibility index (Phi) is 5.20. The summed E-state index contributed by atoms with van der Waals surface area (Å²) in [6, 6.07) is 3.96. The van der Waals surface area contributed by atoms with Gasteiger partial charge < -0.3 is 15.2 Å². The summed E-state index contributed by atoms with van der Waals surface area (Å²) in [4.78, 5) is 0. The van der Waals surface area contributed by atoms with Crippen molar-refractivity contribution in [2.45, 2.75) is 32.3 Å². The first-order valence-electron chi connectivity index (χ1n) is 6.01. The van der Waals surface area contributed by atoms with Crippen LogP contribution in [-0.2, 0) is 5.41 Å². The highest BCUT2D eigenvalue weighted by Crippen LogP contribution is 2.39. The molecule has 0 aliphatic carbocycles. The van der Waals surface area contributed by atoms with Crippen molar-refractivity contribution < 1.29 is 9.84 Å². The van der Waals surface area contributed by atoms with Gasteiger partial charge in [-0.1, -0.05) is 36.7 Å². The first kappa shape index (κ1) is 15.5. The third kappa shape index (κ3) is 3.46. The molecule has 0 saturated heterocycles. The lowest BCUT2D eigenvalue weighted by molar-refractivity contribution is 0.173. The van der Waals surface area contributed by atoms with Gasteiger partial charge in [0.1, 0.15) is 5.75 Å². The molecule has 0 saturated carbocycles. The number of nitrogens with one attached hydrogen (secondary N) is 1. The predicted molar refractivity (Wildman–Crippen MR) is 78.3 cm³/mol. The van der Waals surface area contributed by atoms with Crippen molar-refractivity contribution in [2.24, 2.45) is 0 Å². The van der Waals surface area contributed by atoms with E-state index in [1.807, 2.05) is 13.1 Å². The first-order chi connectivity index (χ1) is 8.31. The highest BCUT2D eigenvalue weighted by Gasteiger charge is 2.24. The van der Waals surface area contributed by atoms with Gasteiger partial charge in [-0.05, 0) is 24.6 Å². The summed E-state index contributed by atoms with van der Waals surface area (Å²) in [6.45, 7) is 6.89. The number of halogens is 1. The minimum Gasteiger partial charge on any atom is -0.496 e. The van der Waals surface area contributed by atoms with Crippen molar-refractivity contribution >= 4 is 15.9 Å². The van der Waals surface area contributed by atoms with Crippen molar-refractivity contribution in [3.8, 4) is 5.75 Å². The van der Waals surface area contributed by atoms with Crippen molar-refractivity contribution in [1.82, 2.24) is 5.32 Å². The summed E-state index contributed by atoms with van der Waals surface area (Å²) < 4.78 is 6.47. The molecule has 0 bridgehead atoms. The maximum absolute atomic E-state index is 10.2. The molecule has 102 valence electrons. The van der Waals surface area contributed by atoms with Gasteiger partial charge in [0.2, 0.25) is 0 Å². The smallest absolute Gasteiger partial charge is 0.128 e. The average Bonchev–Trinajstić information content (AvgIpc) is 2.27. The van der Waals surface area contributed by atoms with E-state index in [0.29, 0.717) is 6.54 Å². The number of likely N-dealkylation sites (N-methyl/N-ethyl adjacent to an activating group) is 1. The molecule has 0 fully saturated rings. The maximum Gasteiger partial charge on any atom is 0.128 e. The van der Waals surface area contributed by atoms with Gasteiger partial charge in [-0.3, -0.25) is 0 Å².